The predicted molar refractivity (Wildman–Crippen MR) is 368 cm³/mol. The lowest BCUT2D eigenvalue weighted by Gasteiger charge is -2.33. The van der Waals surface area contributed by atoms with E-state index in [1.54, 1.807) is 36.4 Å². The third-order valence-electron chi connectivity index (χ3n) is 15.6. The van der Waals surface area contributed by atoms with Crippen LogP contribution in [0.1, 0.15) is 204 Å². The number of para-hydroxylation sites is 1. The van der Waals surface area contributed by atoms with Crippen molar-refractivity contribution in [1.82, 2.24) is 19.8 Å². The van der Waals surface area contributed by atoms with Crippen molar-refractivity contribution in [2.75, 3.05) is 42.5 Å². The molecule has 90 heavy (non-hydrogen) atoms. The molecule has 2 aromatic heterocycles. The highest BCUT2D eigenvalue weighted by Gasteiger charge is 2.33. The van der Waals surface area contributed by atoms with Gasteiger partial charge in [-0.3, -0.25) is 14.5 Å². The number of aromatic amines is 1. The van der Waals surface area contributed by atoms with E-state index in [-0.39, 0.29) is 80.1 Å². The zero-order chi connectivity index (χ0) is 65.2. The number of H-pyrrole nitrogens is 1. The summed E-state index contributed by atoms with van der Waals surface area (Å²) in [5.74, 6) is 2.28. The van der Waals surface area contributed by atoms with Gasteiger partial charge in [0.05, 0.1) is 46.5 Å². The van der Waals surface area contributed by atoms with Gasteiger partial charge in [0.2, 0.25) is 0 Å². The average Bonchev–Trinajstić information content (AvgIpc) is 1.49. The SMILES string of the molecule is CCCCCCCCOc1ccc(C(C)(C)CC(C)(C)C)cc1S(=O)(=O)Nc1cc(NS(=O)(=O)c2ccccc2)c(OCCCCCCCC)c(-c2nc3c(Sc4cc(C(C)(C)CC(C)(C)C)ccc4OCCCC)c(OCCOc4ccccc4)nn3[nH]2)c1. The summed E-state index contributed by atoms with van der Waals surface area (Å²) in [6, 6.07) is 32.5. The first-order chi connectivity index (χ1) is 42.7. The molecule has 0 fully saturated rings. The molecule has 0 atom stereocenters. The van der Waals surface area contributed by atoms with Crippen LogP contribution in [0.2, 0.25) is 0 Å². The lowest BCUT2D eigenvalue weighted by Crippen LogP contribution is -2.25. The molecule has 0 saturated heterocycles. The summed E-state index contributed by atoms with van der Waals surface area (Å²) < 4.78 is 99.6. The van der Waals surface area contributed by atoms with Crippen molar-refractivity contribution in [2.45, 2.75) is 223 Å². The van der Waals surface area contributed by atoms with E-state index in [1.807, 2.05) is 42.5 Å². The van der Waals surface area contributed by atoms with E-state index in [4.69, 9.17) is 33.8 Å². The Morgan fingerprint density at radius 3 is 1.67 bits per heavy atom. The Morgan fingerprint density at radius 1 is 0.522 bits per heavy atom. The first-order valence-corrected chi connectivity index (χ1v) is 36.4. The highest BCUT2D eigenvalue weighted by Crippen LogP contribution is 2.47. The molecule has 0 bridgehead atoms. The van der Waals surface area contributed by atoms with Crippen LogP contribution < -0.4 is 33.1 Å². The molecule has 7 rings (SSSR count). The molecule has 0 spiro atoms. The predicted octanol–water partition coefficient (Wildman–Crippen LogP) is 19.0. The van der Waals surface area contributed by atoms with Gasteiger partial charge in [0.15, 0.2) is 17.2 Å². The van der Waals surface area contributed by atoms with E-state index in [9.17, 15) is 8.42 Å². The van der Waals surface area contributed by atoms with Gasteiger partial charge in [-0.2, -0.15) is 0 Å². The average molecular weight is 1290 g/mol. The van der Waals surface area contributed by atoms with Crippen LogP contribution >= 0.6 is 11.8 Å². The highest BCUT2D eigenvalue weighted by atomic mass is 32.2. The number of sulfonamides is 2. The number of nitrogens with one attached hydrogen (secondary N) is 3. The summed E-state index contributed by atoms with van der Waals surface area (Å²) in [5.41, 5.74) is 2.02. The molecule has 5 aromatic carbocycles. The maximum atomic E-state index is 15.4. The van der Waals surface area contributed by atoms with Crippen LogP contribution in [0.5, 0.6) is 28.9 Å². The number of aromatic nitrogens is 4. The van der Waals surface area contributed by atoms with Gasteiger partial charge >= 0.3 is 0 Å². The summed E-state index contributed by atoms with van der Waals surface area (Å²) >= 11 is 1.43. The Balaban J connectivity index is 1.41. The standard InChI is InChI=1S/C72H102N6O9S3/c1-14-17-20-22-24-32-43-85-61-41-39-54(72(12,13)52-70(7,8)9)48-63(61)90(81,82)76-55-49-58(64(86-44-33-25-23-21-18-15-2)59(50-55)77-89(79,80)57-36-30-27-31-37-57)66-73-67-65(68(75-78(67)74-66)87-46-45-83-56-34-28-26-29-35-56)88-62-47-53(71(10,11)51-69(4,5)6)38-40-60(62)84-42-19-16-3/h26-31,34-41,47-50,76-77H,14-25,32-33,42-46,51-52H2,1-13H3,(H,73,74). The van der Waals surface area contributed by atoms with Crippen LogP contribution in [0.3, 0.4) is 0 Å². The molecular formula is C72H102N6O9S3. The van der Waals surface area contributed by atoms with Crippen molar-refractivity contribution in [3.63, 3.8) is 0 Å². The largest absolute Gasteiger partial charge is 0.492 e. The first kappa shape index (κ1) is 71.1. The van der Waals surface area contributed by atoms with Crippen molar-refractivity contribution < 1.29 is 40.5 Å². The minimum atomic E-state index is -4.49. The first-order valence-electron chi connectivity index (χ1n) is 32.7. The number of anilines is 2. The van der Waals surface area contributed by atoms with Gasteiger partial charge in [0.1, 0.15) is 40.3 Å². The summed E-state index contributed by atoms with van der Waals surface area (Å²) in [5, 5.41) is 8.38. The number of hydrogen-bond donors (Lipinski definition) is 3. The summed E-state index contributed by atoms with van der Waals surface area (Å²) in [6.07, 6.45) is 15.7. The van der Waals surface area contributed by atoms with E-state index < -0.39 is 25.5 Å². The van der Waals surface area contributed by atoms with Crippen LogP contribution in [0.4, 0.5) is 11.4 Å². The third-order valence-corrected chi connectivity index (χ3v) is 19.5. The third kappa shape index (κ3) is 20.8. The topological polar surface area (TPSA) is 184 Å². The van der Waals surface area contributed by atoms with Gasteiger partial charge < -0.3 is 23.7 Å². The molecule has 0 saturated carbocycles. The second-order valence-corrected chi connectivity index (χ2v) is 31.9. The number of rotatable bonds is 38. The molecule has 492 valence electrons. The molecule has 18 heteroatoms. The molecule has 0 amide bonds. The second-order valence-electron chi connectivity index (χ2n) is 27.5. The fourth-order valence-electron chi connectivity index (χ4n) is 11.8. The summed E-state index contributed by atoms with van der Waals surface area (Å²) in [6.45, 7) is 30.1. The maximum absolute atomic E-state index is 15.4. The molecule has 0 aliphatic rings. The molecular weight excluding hydrogens is 1190 g/mol. The Hall–Kier alpha value is -6.37. The summed E-state index contributed by atoms with van der Waals surface area (Å²) in [7, 11) is -8.79. The van der Waals surface area contributed by atoms with Gasteiger partial charge in [-0.05, 0) is 126 Å². The van der Waals surface area contributed by atoms with Gasteiger partial charge in [0.25, 0.3) is 25.9 Å². The Kier molecular flexibility index (Phi) is 25.5. The zero-order valence-corrected chi connectivity index (χ0v) is 58.4. The molecule has 3 N–H and O–H groups in total. The number of fused-ring (bicyclic) bond motifs is 1. The number of unbranched alkanes of at least 4 members (excludes halogenated alkanes) is 11. The van der Waals surface area contributed by atoms with Crippen molar-refractivity contribution in [3.05, 3.63) is 120 Å². The monoisotopic (exact) mass is 1290 g/mol. The fraction of sp³-hybridized carbons (Fsp3) is 0.528. The smallest absolute Gasteiger partial charge is 0.265 e. The van der Waals surface area contributed by atoms with E-state index in [0.29, 0.717) is 47.6 Å². The van der Waals surface area contributed by atoms with Crippen molar-refractivity contribution in [2.24, 2.45) is 10.8 Å². The van der Waals surface area contributed by atoms with Crippen molar-refractivity contribution in [3.8, 4) is 40.3 Å². The molecule has 15 nitrogen and oxygen atoms in total. The highest BCUT2D eigenvalue weighted by molar-refractivity contribution is 7.99. The van der Waals surface area contributed by atoms with Crippen LogP contribution in [0.15, 0.2) is 129 Å². The molecule has 7 aromatic rings. The minimum Gasteiger partial charge on any atom is -0.492 e. The number of nitrogens with zero attached hydrogens (tertiary/aromatic N) is 3. The number of hydrogen-bond acceptors (Lipinski definition) is 12. The Labute approximate surface area is 543 Å². The van der Waals surface area contributed by atoms with Crippen LogP contribution in [0, 0.1) is 10.8 Å². The lowest BCUT2D eigenvalue weighted by molar-refractivity contribution is 0.208. The van der Waals surface area contributed by atoms with E-state index in [0.717, 1.165) is 106 Å². The van der Waals surface area contributed by atoms with Crippen molar-refractivity contribution in [1.29, 1.82) is 0 Å². The Bertz CT molecular complexity index is 3610. The molecule has 0 unspecified atom stereocenters. The zero-order valence-electron chi connectivity index (χ0n) is 56.0. The fourth-order valence-corrected chi connectivity index (χ4v) is 15.1. The molecule has 0 aliphatic carbocycles. The van der Waals surface area contributed by atoms with E-state index >= 15 is 8.42 Å². The summed E-state index contributed by atoms with van der Waals surface area (Å²) in [4.78, 5) is 6.68. The van der Waals surface area contributed by atoms with Gasteiger partial charge in [-0.1, -0.05) is 221 Å². The van der Waals surface area contributed by atoms with E-state index in [1.165, 1.54) is 41.0 Å². The molecule has 0 radical (unpaired) electrons. The molecule has 0 aliphatic heterocycles. The minimum absolute atomic E-state index is 0.00462. The van der Waals surface area contributed by atoms with Crippen LogP contribution in [-0.4, -0.2) is 69.7 Å². The van der Waals surface area contributed by atoms with Gasteiger partial charge in [-0.25, -0.2) is 21.8 Å². The quantitative estimate of drug-likeness (QED) is 0.0312. The maximum Gasteiger partial charge on any atom is 0.265 e. The van der Waals surface area contributed by atoms with Crippen molar-refractivity contribution >= 4 is 48.8 Å². The molecule has 2 heterocycles. The van der Waals surface area contributed by atoms with Gasteiger partial charge in [-0.15, -0.1) is 9.73 Å². The van der Waals surface area contributed by atoms with Crippen LogP contribution in [-0.2, 0) is 30.9 Å². The number of ether oxygens (including phenoxy) is 5. The normalized spacial score (nSPS) is 12.5. The Morgan fingerprint density at radius 2 is 1.06 bits per heavy atom. The van der Waals surface area contributed by atoms with Crippen LogP contribution in [0.25, 0.3) is 17.0 Å². The van der Waals surface area contributed by atoms with E-state index in [2.05, 4.69) is 117 Å². The van der Waals surface area contributed by atoms with Gasteiger partial charge in [0, 0.05) is 0 Å². The second kappa shape index (κ2) is 32.3. The lowest BCUT2D eigenvalue weighted by atomic mass is 9.72. The number of benzene rings is 5.